The number of rotatable bonds is 8. The summed E-state index contributed by atoms with van der Waals surface area (Å²) in [5.74, 6) is 4.28. The molecule has 0 N–H and O–H groups in total. The third-order valence-electron chi connectivity index (χ3n) is 4.16. The first kappa shape index (κ1) is 24.8. The minimum atomic E-state index is 0.669. The van der Waals surface area contributed by atoms with Crippen LogP contribution in [0.25, 0.3) is 12.2 Å². The summed E-state index contributed by atoms with van der Waals surface area (Å²) in [5, 5.41) is 0. The largest absolute Gasteiger partial charge is 0.496 e. The molecule has 0 saturated heterocycles. The second-order valence-electron chi connectivity index (χ2n) is 5.90. The van der Waals surface area contributed by atoms with E-state index in [1.54, 1.807) is 42.7 Å². The molecule has 0 aliphatic heterocycles. The van der Waals surface area contributed by atoms with E-state index in [1.807, 2.05) is 62.4 Å². The van der Waals surface area contributed by atoms with E-state index in [0.717, 1.165) is 22.6 Å². The summed E-state index contributed by atoms with van der Waals surface area (Å²) in [6.07, 6.45) is 7.81. The number of allylic oxidation sites excluding steroid dienone is 2. The van der Waals surface area contributed by atoms with E-state index < -0.39 is 0 Å². The first-order valence-electron chi connectivity index (χ1n) is 9.38. The molecule has 6 nitrogen and oxygen atoms in total. The normalized spacial score (nSPS) is 10.4. The van der Waals surface area contributed by atoms with Gasteiger partial charge in [-0.05, 0) is 26.0 Å². The van der Waals surface area contributed by atoms with Gasteiger partial charge in [-0.15, -0.1) is 0 Å². The van der Waals surface area contributed by atoms with Gasteiger partial charge in [-0.3, -0.25) is 0 Å². The number of ether oxygens (including phenoxy) is 6. The number of benzene rings is 2. The van der Waals surface area contributed by atoms with Crippen LogP contribution in [0, 0.1) is 0 Å². The fraction of sp³-hybridized carbons (Fsp3) is 0.333. The molecule has 0 bridgehead atoms. The van der Waals surface area contributed by atoms with E-state index in [-0.39, 0.29) is 0 Å². The SMILES string of the molecule is C/C=C\c1cc(OC)c(OC)cc1OC.CC=Cc1cc(OC)c(OC)cc1OC. The van der Waals surface area contributed by atoms with Gasteiger partial charge in [-0.1, -0.05) is 24.3 Å². The van der Waals surface area contributed by atoms with Crippen LogP contribution in [0.15, 0.2) is 36.4 Å². The Labute approximate surface area is 179 Å². The van der Waals surface area contributed by atoms with Crippen LogP contribution in [0.4, 0.5) is 0 Å². The predicted molar refractivity (Wildman–Crippen MR) is 122 cm³/mol. The Bertz CT molecular complexity index is 784. The third kappa shape index (κ3) is 6.37. The van der Waals surface area contributed by atoms with Crippen molar-refractivity contribution in [3.8, 4) is 34.5 Å². The maximum absolute atomic E-state index is 5.25. The Morgan fingerprint density at radius 3 is 0.933 bits per heavy atom. The fourth-order valence-electron chi connectivity index (χ4n) is 2.73. The van der Waals surface area contributed by atoms with Gasteiger partial charge in [0.2, 0.25) is 0 Å². The minimum Gasteiger partial charge on any atom is -0.496 e. The highest BCUT2D eigenvalue weighted by Crippen LogP contribution is 2.36. The Morgan fingerprint density at radius 2 is 0.700 bits per heavy atom. The van der Waals surface area contributed by atoms with Crippen LogP contribution in [-0.4, -0.2) is 42.7 Å². The maximum Gasteiger partial charge on any atom is 0.164 e. The van der Waals surface area contributed by atoms with Crippen LogP contribution in [0.5, 0.6) is 34.5 Å². The van der Waals surface area contributed by atoms with Crippen LogP contribution in [0.3, 0.4) is 0 Å². The van der Waals surface area contributed by atoms with Gasteiger partial charge in [0.1, 0.15) is 11.5 Å². The van der Waals surface area contributed by atoms with E-state index in [2.05, 4.69) is 0 Å². The summed E-state index contributed by atoms with van der Waals surface area (Å²) in [5.41, 5.74) is 1.94. The van der Waals surface area contributed by atoms with Gasteiger partial charge in [0.15, 0.2) is 23.0 Å². The average molecular weight is 417 g/mol. The zero-order valence-corrected chi connectivity index (χ0v) is 19.1. The topological polar surface area (TPSA) is 55.4 Å². The van der Waals surface area contributed by atoms with Crippen molar-refractivity contribution in [2.24, 2.45) is 0 Å². The fourth-order valence-corrected chi connectivity index (χ4v) is 2.73. The Balaban J connectivity index is 0.000000300. The molecule has 0 heterocycles. The van der Waals surface area contributed by atoms with Crippen molar-refractivity contribution in [3.63, 3.8) is 0 Å². The summed E-state index contributed by atoms with van der Waals surface area (Å²) in [6, 6.07) is 7.40. The van der Waals surface area contributed by atoms with Gasteiger partial charge in [0.05, 0.1) is 42.7 Å². The standard InChI is InChI=1S/2C12H16O3/c2*1-5-6-9-7-11(14-3)12(15-4)8-10(9)13-2/h2*5-8H,1-4H3/b6-5-;. The molecule has 0 fully saturated rings. The molecule has 2 rings (SSSR count). The Hall–Kier alpha value is -3.28. The molecule has 164 valence electrons. The zero-order chi connectivity index (χ0) is 22.5. The molecule has 0 aliphatic carbocycles. The predicted octanol–water partition coefficient (Wildman–Crippen LogP) is 5.49. The molecule has 2 aromatic rings. The lowest BCUT2D eigenvalue weighted by Crippen LogP contribution is -1.94. The molecule has 0 saturated carbocycles. The summed E-state index contributed by atoms with van der Waals surface area (Å²) in [4.78, 5) is 0. The number of methoxy groups -OCH3 is 6. The molecular formula is C24H32O6. The molecule has 0 unspecified atom stereocenters. The summed E-state index contributed by atoms with van der Waals surface area (Å²) in [7, 11) is 9.70. The van der Waals surface area contributed by atoms with Gasteiger partial charge >= 0.3 is 0 Å². The molecule has 30 heavy (non-hydrogen) atoms. The van der Waals surface area contributed by atoms with Crippen molar-refractivity contribution >= 4 is 12.2 Å². The molecule has 0 aromatic heterocycles. The van der Waals surface area contributed by atoms with Gasteiger partial charge in [0.25, 0.3) is 0 Å². The van der Waals surface area contributed by atoms with Crippen LogP contribution >= 0.6 is 0 Å². The quantitative estimate of drug-likeness (QED) is 0.567. The summed E-state index contributed by atoms with van der Waals surface area (Å²) in [6.45, 7) is 3.91. The van der Waals surface area contributed by atoms with Crippen molar-refractivity contribution in [1.29, 1.82) is 0 Å². The van der Waals surface area contributed by atoms with Crippen molar-refractivity contribution in [2.45, 2.75) is 13.8 Å². The van der Waals surface area contributed by atoms with E-state index in [4.69, 9.17) is 28.4 Å². The van der Waals surface area contributed by atoms with Crippen molar-refractivity contribution in [3.05, 3.63) is 47.5 Å². The second-order valence-corrected chi connectivity index (χ2v) is 5.90. The highest BCUT2D eigenvalue weighted by atomic mass is 16.5. The van der Waals surface area contributed by atoms with Crippen LogP contribution in [0.2, 0.25) is 0 Å². The van der Waals surface area contributed by atoms with Crippen molar-refractivity contribution in [2.75, 3.05) is 42.7 Å². The van der Waals surface area contributed by atoms with E-state index in [0.29, 0.717) is 23.0 Å². The number of hydrogen-bond acceptors (Lipinski definition) is 6. The average Bonchev–Trinajstić information content (AvgIpc) is 2.79. The van der Waals surface area contributed by atoms with Gasteiger partial charge < -0.3 is 28.4 Å². The van der Waals surface area contributed by atoms with Crippen molar-refractivity contribution < 1.29 is 28.4 Å². The highest BCUT2D eigenvalue weighted by Gasteiger charge is 2.10. The highest BCUT2D eigenvalue weighted by molar-refractivity contribution is 5.64. The van der Waals surface area contributed by atoms with Crippen LogP contribution in [-0.2, 0) is 0 Å². The van der Waals surface area contributed by atoms with E-state index >= 15 is 0 Å². The van der Waals surface area contributed by atoms with Gasteiger partial charge in [0, 0.05) is 23.3 Å². The van der Waals surface area contributed by atoms with E-state index in [9.17, 15) is 0 Å². The van der Waals surface area contributed by atoms with Gasteiger partial charge in [-0.2, -0.15) is 0 Å². The maximum atomic E-state index is 5.25. The molecule has 0 spiro atoms. The smallest absolute Gasteiger partial charge is 0.164 e. The molecule has 0 aliphatic rings. The lowest BCUT2D eigenvalue weighted by molar-refractivity contribution is 0.348. The molecule has 0 atom stereocenters. The Morgan fingerprint density at radius 1 is 0.433 bits per heavy atom. The molecular weight excluding hydrogens is 384 g/mol. The Kier molecular flexibility index (Phi) is 10.8. The van der Waals surface area contributed by atoms with Crippen LogP contribution in [0.1, 0.15) is 25.0 Å². The molecule has 0 amide bonds. The van der Waals surface area contributed by atoms with E-state index in [1.165, 1.54) is 0 Å². The van der Waals surface area contributed by atoms with Gasteiger partial charge in [-0.25, -0.2) is 0 Å². The minimum absolute atomic E-state index is 0.669. The monoisotopic (exact) mass is 416 g/mol. The molecule has 6 heteroatoms. The summed E-state index contributed by atoms with van der Waals surface area (Å²) >= 11 is 0. The first-order valence-corrected chi connectivity index (χ1v) is 9.38. The molecule has 2 aromatic carbocycles. The zero-order valence-electron chi connectivity index (χ0n) is 19.1. The lowest BCUT2D eigenvalue weighted by atomic mass is 10.1. The van der Waals surface area contributed by atoms with Crippen molar-refractivity contribution in [1.82, 2.24) is 0 Å². The van der Waals surface area contributed by atoms with Crippen LogP contribution < -0.4 is 28.4 Å². The second kappa shape index (κ2) is 13.0. The third-order valence-corrected chi connectivity index (χ3v) is 4.16. The summed E-state index contributed by atoms with van der Waals surface area (Å²) < 4.78 is 31.3. The molecule has 0 radical (unpaired) electrons. The first-order chi connectivity index (χ1) is 14.5. The number of hydrogen-bond donors (Lipinski definition) is 0. The lowest BCUT2D eigenvalue weighted by Gasteiger charge is -2.11.